The van der Waals surface area contributed by atoms with Crippen LogP contribution >= 0.6 is 11.8 Å². The lowest BCUT2D eigenvalue weighted by Gasteiger charge is -2.11. The van der Waals surface area contributed by atoms with E-state index in [4.69, 9.17) is 5.73 Å². The summed E-state index contributed by atoms with van der Waals surface area (Å²) in [7, 11) is 0. The van der Waals surface area contributed by atoms with E-state index in [1.807, 2.05) is 13.8 Å². The summed E-state index contributed by atoms with van der Waals surface area (Å²) in [6, 6.07) is 3.50. The Labute approximate surface area is 114 Å². The number of thioether (sulfide) groups is 1. The van der Waals surface area contributed by atoms with Crippen LogP contribution < -0.4 is 5.73 Å². The van der Waals surface area contributed by atoms with Crippen LogP contribution in [0, 0.1) is 11.6 Å². The lowest BCUT2D eigenvalue weighted by Crippen LogP contribution is -2.07. The molecule has 1 aromatic carbocycles. The minimum atomic E-state index is -0.457. The van der Waals surface area contributed by atoms with Gasteiger partial charge in [-0.2, -0.15) is 0 Å². The van der Waals surface area contributed by atoms with E-state index < -0.39 is 11.6 Å². The molecule has 2 N–H and O–H groups in total. The van der Waals surface area contributed by atoms with E-state index >= 15 is 0 Å². The van der Waals surface area contributed by atoms with Crippen LogP contribution in [0.25, 0.3) is 0 Å². The molecule has 0 spiro atoms. The summed E-state index contributed by atoms with van der Waals surface area (Å²) < 4.78 is 28.3. The Morgan fingerprint density at radius 2 is 2.05 bits per heavy atom. The second-order valence-electron chi connectivity index (χ2n) is 4.33. The first kappa shape index (κ1) is 13.8. The number of halogens is 2. The number of nitrogen functional groups attached to an aromatic ring is 1. The summed E-state index contributed by atoms with van der Waals surface area (Å²) in [5, 5.41) is 8.32. The van der Waals surface area contributed by atoms with Crippen molar-refractivity contribution in [1.29, 1.82) is 0 Å². The molecular formula is C12H14F2N4S. The molecule has 2 aromatic rings. The smallest absolute Gasteiger partial charge is 0.222 e. The fourth-order valence-corrected chi connectivity index (χ4v) is 2.72. The Bertz CT molecular complexity index is 583. The number of rotatable bonds is 4. The van der Waals surface area contributed by atoms with Gasteiger partial charge in [0.25, 0.3) is 0 Å². The first-order valence-electron chi connectivity index (χ1n) is 5.76. The van der Waals surface area contributed by atoms with E-state index in [-0.39, 0.29) is 11.8 Å². The molecule has 0 saturated carbocycles. The third kappa shape index (κ3) is 3.04. The van der Waals surface area contributed by atoms with Crippen LogP contribution in [0.5, 0.6) is 0 Å². The monoisotopic (exact) mass is 284 g/mol. The minimum Gasteiger partial charge on any atom is -0.368 e. The van der Waals surface area contributed by atoms with Crippen LogP contribution in [-0.2, 0) is 5.75 Å². The third-order valence-electron chi connectivity index (χ3n) is 2.57. The van der Waals surface area contributed by atoms with Gasteiger partial charge in [0.05, 0.1) is 0 Å². The third-order valence-corrected chi connectivity index (χ3v) is 3.56. The lowest BCUT2D eigenvalue weighted by molar-refractivity contribution is 0.556. The zero-order valence-corrected chi connectivity index (χ0v) is 11.4. The van der Waals surface area contributed by atoms with Gasteiger partial charge in [0.2, 0.25) is 5.95 Å². The van der Waals surface area contributed by atoms with Crippen molar-refractivity contribution in [3.8, 4) is 0 Å². The maximum absolute atomic E-state index is 13.5. The van der Waals surface area contributed by atoms with E-state index in [1.54, 1.807) is 4.57 Å². The van der Waals surface area contributed by atoms with Crippen molar-refractivity contribution in [2.75, 3.05) is 5.73 Å². The maximum Gasteiger partial charge on any atom is 0.222 e. The van der Waals surface area contributed by atoms with Gasteiger partial charge in [0, 0.05) is 17.4 Å². The van der Waals surface area contributed by atoms with Crippen LogP contribution in [0.3, 0.4) is 0 Å². The summed E-state index contributed by atoms with van der Waals surface area (Å²) in [5.41, 5.74) is 6.00. The van der Waals surface area contributed by atoms with Crippen LogP contribution in [0.2, 0.25) is 0 Å². The number of hydrogen-bond acceptors (Lipinski definition) is 4. The quantitative estimate of drug-likeness (QED) is 0.877. The van der Waals surface area contributed by atoms with Crippen LogP contribution in [0.4, 0.5) is 14.7 Å². The first-order chi connectivity index (χ1) is 8.99. The summed E-state index contributed by atoms with van der Waals surface area (Å²) in [6.45, 7) is 3.90. The van der Waals surface area contributed by atoms with E-state index in [2.05, 4.69) is 10.2 Å². The van der Waals surface area contributed by atoms with Gasteiger partial charge in [-0.15, -0.1) is 10.2 Å². The maximum atomic E-state index is 13.5. The predicted octanol–water partition coefficient (Wildman–Crippen LogP) is 3.01. The first-order valence-corrected chi connectivity index (χ1v) is 6.74. The number of anilines is 1. The van der Waals surface area contributed by atoms with Gasteiger partial charge in [-0.05, 0) is 32.0 Å². The molecule has 102 valence electrons. The van der Waals surface area contributed by atoms with E-state index in [0.717, 1.165) is 12.1 Å². The molecule has 0 aliphatic rings. The van der Waals surface area contributed by atoms with Gasteiger partial charge in [0.15, 0.2) is 5.16 Å². The Morgan fingerprint density at radius 1 is 1.32 bits per heavy atom. The molecule has 2 rings (SSSR count). The van der Waals surface area contributed by atoms with Gasteiger partial charge in [-0.1, -0.05) is 11.8 Å². The molecule has 0 aliphatic carbocycles. The highest BCUT2D eigenvalue weighted by molar-refractivity contribution is 7.98. The molecule has 0 bridgehead atoms. The largest absolute Gasteiger partial charge is 0.368 e. The van der Waals surface area contributed by atoms with Crippen LogP contribution in [0.1, 0.15) is 25.5 Å². The topological polar surface area (TPSA) is 56.7 Å². The van der Waals surface area contributed by atoms with Crippen molar-refractivity contribution < 1.29 is 8.78 Å². The molecule has 0 aliphatic heterocycles. The molecule has 0 fully saturated rings. The number of aromatic nitrogens is 3. The molecule has 0 atom stereocenters. The van der Waals surface area contributed by atoms with Crippen LogP contribution in [-0.4, -0.2) is 14.8 Å². The van der Waals surface area contributed by atoms with Crippen molar-refractivity contribution in [2.45, 2.75) is 30.8 Å². The van der Waals surface area contributed by atoms with Crippen molar-refractivity contribution in [2.24, 2.45) is 0 Å². The number of nitrogens with zero attached hydrogens (tertiary/aromatic N) is 3. The number of benzene rings is 1. The number of hydrogen-bond donors (Lipinski definition) is 1. The molecular weight excluding hydrogens is 270 g/mol. The Hall–Kier alpha value is -1.63. The SMILES string of the molecule is CC(C)n1c(N)nnc1SCc1cc(F)ccc1F. The Morgan fingerprint density at radius 3 is 2.74 bits per heavy atom. The summed E-state index contributed by atoms with van der Waals surface area (Å²) in [6.07, 6.45) is 0. The predicted molar refractivity (Wildman–Crippen MR) is 70.7 cm³/mol. The molecule has 4 nitrogen and oxygen atoms in total. The molecule has 0 amide bonds. The van der Waals surface area contributed by atoms with Gasteiger partial charge >= 0.3 is 0 Å². The Kier molecular flexibility index (Phi) is 4.04. The van der Waals surface area contributed by atoms with Gasteiger partial charge < -0.3 is 5.73 Å². The minimum absolute atomic E-state index is 0.106. The Balaban J connectivity index is 2.17. The molecule has 1 aromatic heterocycles. The average Bonchev–Trinajstić information content (AvgIpc) is 2.72. The van der Waals surface area contributed by atoms with Crippen molar-refractivity contribution >= 4 is 17.7 Å². The van der Waals surface area contributed by atoms with E-state index in [1.165, 1.54) is 17.8 Å². The zero-order valence-electron chi connectivity index (χ0n) is 10.6. The highest BCUT2D eigenvalue weighted by atomic mass is 32.2. The summed E-state index contributed by atoms with van der Waals surface area (Å²) in [5.74, 6) is -0.300. The fraction of sp³-hybridized carbons (Fsp3) is 0.333. The van der Waals surface area contributed by atoms with Gasteiger partial charge in [-0.3, -0.25) is 4.57 Å². The lowest BCUT2D eigenvalue weighted by atomic mass is 10.2. The summed E-state index contributed by atoms with van der Waals surface area (Å²) in [4.78, 5) is 0. The van der Waals surface area contributed by atoms with Crippen molar-refractivity contribution in [3.63, 3.8) is 0 Å². The molecule has 0 radical (unpaired) electrons. The average molecular weight is 284 g/mol. The molecule has 0 unspecified atom stereocenters. The second-order valence-corrected chi connectivity index (χ2v) is 5.27. The van der Waals surface area contributed by atoms with Gasteiger partial charge in [0.1, 0.15) is 11.6 Å². The molecule has 0 saturated heterocycles. The zero-order chi connectivity index (χ0) is 14.0. The van der Waals surface area contributed by atoms with E-state index in [9.17, 15) is 8.78 Å². The highest BCUT2D eigenvalue weighted by Gasteiger charge is 2.14. The van der Waals surface area contributed by atoms with Gasteiger partial charge in [-0.25, -0.2) is 8.78 Å². The number of nitrogens with two attached hydrogens (primary N) is 1. The second kappa shape index (κ2) is 5.56. The fourth-order valence-electron chi connectivity index (χ4n) is 1.67. The standard InChI is InChI=1S/C12H14F2N4S/c1-7(2)18-11(15)16-17-12(18)19-6-8-5-9(13)3-4-10(8)14/h3-5,7H,6H2,1-2H3,(H2,15,16). The molecule has 7 heteroatoms. The van der Waals surface area contributed by atoms with Crippen molar-refractivity contribution in [1.82, 2.24) is 14.8 Å². The van der Waals surface area contributed by atoms with Crippen molar-refractivity contribution in [3.05, 3.63) is 35.4 Å². The van der Waals surface area contributed by atoms with Crippen LogP contribution in [0.15, 0.2) is 23.4 Å². The summed E-state index contributed by atoms with van der Waals surface area (Å²) >= 11 is 1.27. The highest BCUT2D eigenvalue weighted by Crippen LogP contribution is 2.26. The molecule has 1 heterocycles. The molecule has 19 heavy (non-hydrogen) atoms. The normalized spacial score (nSPS) is 11.2. The van der Waals surface area contributed by atoms with E-state index in [0.29, 0.717) is 16.7 Å².